The van der Waals surface area contributed by atoms with Gasteiger partial charge in [-0.1, -0.05) is 6.92 Å². The van der Waals surface area contributed by atoms with Gasteiger partial charge in [-0.25, -0.2) is 9.97 Å². The Morgan fingerprint density at radius 2 is 2.12 bits per heavy atom. The summed E-state index contributed by atoms with van der Waals surface area (Å²) in [6.07, 6.45) is -4.54. The molecule has 17 heavy (non-hydrogen) atoms. The van der Waals surface area contributed by atoms with Crippen LogP contribution in [0.25, 0.3) is 0 Å². The van der Waals surface area contributed by atoms with Crippen LogP contribution in [0, 0.1) is 5.92 Å². The van der Waals surface area contributed by atoms with Gasteiger partial charge in [0.05, 0.1) is 0 Å². The minimum absolute atomic E-state index is 0.0249. The maximum absolute atomic E-state index is 12.4. The quantitative estimate of drug-likeness (QED) is 0.525. The Balaban J connectivity index is 2.83. The van der Waals surface area contributed by atoms with E-state index in [4.69, 9.17) is 16.7 Å². The van der Waals surface area contributed by atoms with Gasteiger partial charge in [0.2, 0.25) is 5.28 Å². The molecule has 1 unspecified atom stereocenters. The highest BCUT2D eigenvalue weighted by molar-refractivity contribution is 7.99. The van der Waals surface area contributed by atoms with Crippen LogP contribution < -0.4 is 0 Å². The van der Waals surface area contributed by atoms with Crippen molar-refractivity contribution >= 4 is 23.4 Å². The van der Waals surface area contributed by atoms with E-state index in [1.807, 2.05) is 0 Å². The van der Waals surface area contributed by atoms with Crippen molar-refractivity contribution in [3.05, 3.63) is 17.0 Å². The van der Waals surface area contributed by atoms with Crippen LogP contribution >= 0.6 is 23.4 Å². The van der Waals surface area contributed by atoms with Gasteiger partial charge in [0.15, 0.2) is 5.69 Å². The molecule has 0 aliphatic carbocycles. The standard InChI is InChI=1S/C9H10ClF3N2OS/c1-5(3-16)4-17-7-2-6(9(11,12)13)14-8(10)15-7/h2,5,16H,3-4H2,1H3. The maximum Gasteiger partial charge on any atom is 0.433 e. The van der Waals surface area contributed by atoms with Crippen LogP contribution in [-0.4, -0.2) is 27.4 Å². The Kier molecular flexibility index (Phi) is 5.03. The summed E-state index contributed by atoms with van der Waals surface area (Å²) >= 11 is 6.52. The summed E-state index contributed by atoms with van der Waals surface area (Å²) < 4.78 is 37.2. The van der Waals surface area contributed by atoms with E-state index in [0.717, 1.165) is 17.8 Å². The molecule has 0 radical (unpaired) electrons. The van der Waals surface area contributed by atoms with Crippen LogP contribution in [0.15, 0.2) is 11.1 Å². The normalized spacial score (nSPS) is 13.8. The molecule has 1 aromatic heterocycles. The molecule has 8 heteroatoms. The number of hydrogen-bond donors (Lipinski definition) is 1. The first-order chi connectivity index (χ1) is 7.82. The Bertz CT molecular complexity index is 389. The molecule has 1 rings (SSSR count). The fourth-order valence-electron chi connectivity index (χ4n) is 0.896. The van der Waals surface area contributed by atoms with Crippen LogP contribution in [0.5, 0.6) is 0 Å². The van der Waals surface area contributed by atoms with E-state index >= 15 is 0 Å². The topological polar surface area (TPSA) is 46.0 Å². The number of aliphatic hydroxyl groups excluding tert-OH is 1. The van der Waals surface area contributed by atoms with E-state index in [1.54, 1.807) is 6.92 Å². The van der Waals surface area contributed by atoms with Gasteiger partial charge < -0.3 is 5.11 Å². The molecule has 96 valence electrons. The van der Waals surface area contributed by atoms with Gasteiger partial charge in [0.1, 0.15) is 5.03 Å². The molecule has 0 saturated carbocycles. The van der Waals surface area contributed by atoms with Crippen LogP contribution in [0.4, 0.5) is 13.2 Å². The van der Waals surface area contributed by atoms with Gasteiger partial charge in [0, 0.05) is 18.4 Å². The molecule has 1 aromatic rings. The number of rotatable bonds is 4. The van der Waals surface area contributed by atoms with E-state index in [0.29, 0.717) is 5.75 Å². The summed E-state index contributed by atoms with van der Waals surface area (Å²) in [5.41, 5.74) is -1.06. The molecule has 1 heterocycles. The molecule has 1 N–H and O–H groups in total. The molecule has 0 spiro atoms. The van der Waals surface area contributed by atoms with E-state index in [1.165, 1.54) is 0 Å². The summed E-state index contributed by atoms with van der Waals surface area (Å²) in [7, 11) is 0. The first-order valence-electron chi connectivity index (χ1n) is 4.68. The predicted octanol–water partition coefficient (Wildman–Crippen LogP) is 2.87. The average Bonchev–Trinajstić information content (AvgIpc) is 2.24. The smallest absolute Gasteiger partial charge is 0.396 e. The predicted molar refractivity (Wildman–Crippen MR) is 59.0 cm³/mol. The molecular weight excluding hydrogens is 277 g/mol. The Hall–Kier alpha value is -0.530. The minimum atomic E-state index is -4.54. The fourth-order valence-corrected chi connectivity index (χ4v) is 2.04. The SMILES string of the molecule is CC(CO)CSc1cc(C(F)(F)F)nc(Cl)n1. The summed E-state index contributed by atoms with van der Waals surface area (Å²) in [5.74, 6) is 0.435. The zero-order valence-electron chi connectivity index (χ0n) is 8.83. The highest BCUT2D eigenvalue weighted by Gasteiger charge is 2.33. The molecule has 0 saturated heterocycles. The van der Waals surface area contributed by atoms with E-state index in [9.17, 15) is 13.2 Å². The first kappa shape index (κ1) is 14.5. The van der Waals surface area contributed by atoms with Gasteiger partial charge in [-0.3, -0.25) is 0 Å². The summed E-state index contributed by atoms with van der Waals surface area (Å²) in [6, 6.07) is 0.848. The zero-order valence-corrected chi connectivity index (χ0v) is 10.4. The number of alkyl halides is 3. The summed E-state index contributed by atoms with van der Waals surface area (Å²) in [4.78, 5) is 6.81. The summed E-state index contributed by atoms with van der Waals surface area (Å²) in [6.45, 7) is 1.75. The second-order valence-electron chi connectivity index (χ2n) is 3.46. The highest BCUT2D eigenvalue weighted by atomic mass is 35.5. The number of aromatic nitrogens is 2. The van der Waals surface area contributed by atoms with Crippen LogP contribution in [0.1, 0.15) is 12.6 Å². The average molecular weight is 287 g/mol. The lowest BCUT2D eigenvalue weighted by Gasteiger charge is -2.09. The number of hydrogen-bond acceptors (Lipinski definition) is 4. The molecule has 0 amide bonds. The third-order valence-corrected chi connectivity index (χ3v) is 3.20. The number of halogens is 4. The van der Waals surface area contributed by atoms with Gasteiger partial charge >= 0.3 is 6.18 Å². The van der Waals surface area contributed by atoms with Crippen molar-refractivity contribution in [1.82, 2.24) is 9.97 Å². The van der Waals surface area contributed by atoms with Gasteiger partial charge in [0.25, 0.3) is 0 Å². The minimum Gasteiger partial charge on any atom is -0.396 e. The second-order valence-corrected chi connectivity index (χ2v) is 4.84. The van der Waals surface area contributed by atoms with Crippen LogP contribution in [0.2, 0.25) is 5.28 Å². The van der Waals surface area contributed by atoms with Crippen molar-refractivity contribution < 1.29 is 18.3 Å². The van der Waals surface area contributed by atoms with Crippen molar-refractivity contribution in [3.8, 4) is 0 Å². The molecular formula is C9H10ClF3N2OS. The Morgan fingerprint density at radius 3 is 2.65 bits per heavy atom. The third kappa shape index (κ3) is 4.69. The molecule has 1 atom stereocenters. The van der Waals surface area contributed by atoms with Crippen molar-refractivity contribution in [2.75, 3.05) is 12.4 Å². The Labute approximate surface area is 105 Å². The van der Waals surface area contributed by atoms with Crippen LogP contribution in [0.3, 0.4) is 0 Å². The highest BCUT2D eigenvalue weighted by Crippen LogP contribution is 2.31. The fraction of sp³-hybridized carbons (Fsp3) is 0.556. The number of aliphatic hydroxyl groups is 1. The van der Waals surface area contributed by atoms with E-state index in [-0.39, 0.29) is 17.6 Å². The molecule has 3 nitrogen and oxygen atoms in total. The largest absolute Gasteiger partial charge is 0.433 e. The lowest BCUT2D eigenvalue weighted by Crippen LogP contribution is -2.09. The maximum atomic E-state index is 12.4. The van der Waals surface area contributed by atoms with Crippen LogP contribution in [-0.2, 0) is 6.18 Å². The lowest BCUT2D eigenvalue weighted by atomic mass is 10.2. The zero-order chi connectivity index (χ0) is 13.1. The first-order valence-corrected chi connectivity index (χ1v) is 6.04. The van der Waals surface area contributed by atoms with Gasteiger partial charge in [-0.05, 0) is 17.5 Å². The van der Waals surface area contributed by atoms with E-state index in [2.05, 4.69) is 9.97 Å². The molecule has 0 fully saturated rings. The van der Waals surface area contributed by atoms with E-state index < -0.39 is 17.2 Å². The summed E-state index contributed by atoms with van der Waals surface area (Å²) in [5, 5.41) is 8.52. The van der Waals surface area contributed by atoms with Gasteiger partial charge in [-0.2, -0.15) is 13.2 Å². The Morgan fingerprint density at radius 1 is 1.47 bits per heavy atom. The number of thioether (sulfide) groups is 1. The van der Waals surface area contributed by atoms with Crippen molar-refractivity contribution in [2.45, 2.75) is 18.1 Å². The van der Waals surface area contributed by atoms with Crippen molar-refractivity contribution in [3.63, 3.8) is 0 Å². The lowest BCUT2D eigenvalue weighted by molar-refractivity contribution is -0.141. The van der Waals surface area contributed by atoms with Crippen molar-refractivity contribution in [1.29, 1.82) is 0 Å². The van der Waals surface area contributed by atoms with Gasteiger partial charge in [-0.15, -0.1) is 11.8 Å². The molecule has 0 aliphatic rings. The second kappa shape index (κ2) is 5.88. The van der Waals surface area contributed by atoms with Crippen molar-refractivity contribution in [2.24, 2.45) is 5.92 Å². The molecule has 0 aliphatic heterocycles. The molecule has 0 bridgehead atoms. The number of nitrogens with zero attached hydrogens (tertiary/aromatic N) is 2. The monoisotopic (exact) mass is 286 g/mol. The third-order valence-electron chi connectivity index (χ3n) is 1.79. The molecule has 0 aromatic carbocycles.